The molecule has 2 heterocycles. The topological polar surface area (TPSA) is 34.4 Å². The van der Waals surface area contributed by atoms with Crippen molar-refractivity contribution in [2.75, 3.05) is 20.3 Å². The first-order chi connectivity index (χ1) is 7.40. The smallest absolute Gasteiger partial charge is 0.0950 e. The van der Waals surface area contributed by atoms with Gasteiger partial charge in [0.1, 0.15) is 0 Å². The Balaban J connectivity index is 1.90. The molecule has 0 bridgehead atoms. The van der Waals surface area contributed by atoms with Crippen LogP contribution in [0.5, 0.6) is 0 Å². The Bertz CT molecular complexity index is 265. The minimum absolute atomic E-state index is 0.423. The van der Waals surface area contributed by atoms with E-state index in [2.05, 4.69) is 5.32 Å². The highest BCUT2D eigenvalue weighted by molar-refractivity contribution is 5.11. The SMILES string of the molecule is CNC(CC1CCOCC1)c1ccoc1. The van der Waals surface area contributed by atoms with E-state index in [0.29, 0.717) is 6.04 Å². The first-order valence-electron chi connectivity index (χ1n) is 5.67. The molecule has 0 spiro atoms. The van der Waals surface area contributed by atoms with Crippen LogP contribution in [0.1, 0.15) is 30.9 Å². The molecule has 1 N–H and O–H groups in total. The number of hydrogen-bond donors (Lipinski definition) is 1. The van der Waals surface area contributed by atoms with Gasteiger partial charge in [-0.15, -0.1) is 0 Å². The predicted molar refractivity (Wildman–Crippen MR) is 58.7 cm³/mol. The van der Waals surface area contributed by atoms with Crippen LogP contribution in [-0.4, -0.2) is 20.3 Å². The van der Waals surface area contributed by atoms with Gasteiger partial charge in [-0.3, -0.25) is 0 Å². The summed E-state index contributed by atoms with van der Waals surface area (Å²) in [4.78, 5) is 0. The largest absolute Gasteiger partial charge is 0.472 e. The van der Waals surface area contributed by atoms with E-state index in [1.165, 1.54) is 24.8 Å². The van der Waals surface area contributed by atoms with Crippen LogP contribution in [0.4, 0.5) is 0 Å². The zero-order chi connectivity index (χ0) is 10.5. The average molecular weight is 209 g/mol. The van der Waals surface area contributed by atoms with Crippen molar-refractivity contribution in [3.63, 3.8) is 0 Å². The Morgan fingerprint density at radius 1 is 1.47 bits per heavy atom. The molecule has 1 saturated heterocycles. The third-order valence-electron chi connectivity index (χ3n) is 3.20. The number of nitrogens with one attached hydrogen (secondary N) is 1. The van der Waals surface area contributed by atoms with Crippen LogP contribution < -0.4 is 5.32 Å². The molecule has 0 amide bonds. The number of hydrogen-bond acceptors (Lipinski definition) is 3. The van der Waals surface area contributed by atoms with Crippen LogP contribution in [0.15, 0.2) is 23.0 Å². The summed E-state index contributed by atoms with van der Waals surface area (Å²) in [5, 5.41) is 3.35. The average Bonchev–Trinajstić information content (AvgIpc) is 2.81. The molecule has 1 aromatic rings. The van der Waals surface area contributed by atoms with E-state index >= 15 is 0 Å². The molecule has 0 radical (unpaired) electrons. The lowest BCUT2D eigenvalue weighted by atomic mass is 9.90. The van der Waals surface area contributed by atoms with Gasteiger partial charge in [0.05, 0.1) is 12.5 Å². The van der Waals surface area contributed by atoms with E-state index in [-0.39, 0.29) is 0 Å². The van der Waals surface area contributed by atoms with E-state index < -0.39 is 0 Å². The fourth-order valence-corrected chi connectivity index (χ4v) is 2.21. The molecule has 1 aromatic heterocycles. The van der Waals surface area contributed by atoms with Crippen molar-refractivity contribution in [3.05, 3.63) is 24.2 Å². The Labute approximate surface area is 90.8 Å². The summed E-state index contributed by atoms with van der Waals surface area (Å²) in [7, 11) is 2.01. The standard InChI is InChI=1S/C12H19NO2/c1-13-12(11-4-7-15-9-11)8-10-2-5-14-6-3-10/h4,7,9-10,12-13H,2-3,5-6,8H2,1H3. The first kappa shape index (κ1) is 10.7. The van der Waals surface area contributed by atoms with Crippen LogP contribution in [0.2, 0.25) is 0 Å². The van der Waals surface area contributed by atoms with Crippen molar-refractivity contribution in [3.8, 4) is 0 Å². The van der Waals surface area contributed by atoms with Crippen molar-refractivity contribution in [2.24, 2.45) is 5.92 Å². The van der Waals surface area contributed by atoms with Crippen molar-refractivity contribution in [1.82, 2.24) is 5.32 Å². The highest BCUT2D eigenvalue weighted by Crippen LogP contribution is 2.27. The summed E-state index contributed by atoms with van der Waals surface area (Å²) in [6.45, 7) is 1.85. The summed E-state index contributed by atoms with van der Waals surface area (Å²) < 4.78 is 10.5. The van der Waals surface area contributed by atoms with E-state index in [4.69, 9.17) is 9.15 Å². The van der Waals surface area contributed by atoms with Gasteiger partial charge in [0.15, 0.2) is 0 Å². The summed E-state index contributed by atoms with van der Waals surface area (Å²) in [6, 6.07) is 2.47. The van der Waals surface area contributed by atoms with Gasteiger partial charge in [0, 0.05) is 24.8 Å². The zero-order valence-corrected chi connectivity index (χ0v) is 9.24. The van der Waals surface area contributed by atoms with Gasteiger partial charge in [0.25, 0.3) is 0 Å². The normalized spacial score (nSPS) is 20.3. The molecule has 2 rings (SSSR count). The lowest BCUT2D eigenvalue weighted by Crippen LogP contribution is -2.23. The van der Waals surface area contributed by atoms with Gasteiger partial charge in [-0.05, 0) is 38.3 Å². The van der Waals surface area contributed by atoms with Gasteiger partial charge >= 0.3 is 0 Å². The van der Waals surface area contributed by atoms with Crippen molar-refractivity contribution < 1.29 is 9.15 Å². The first-order valence-corrected chi connectivity index (χ1v) is 5.67. The molecule has 1 aliphatic rings. The third kappa shape index (κ3) is 2.83. The lowest BCUT2D eigenvalue weighted by molar-refractivity contribution is 0.0608. The van der Waals surface area contributed by atoms with Crippen molar-refractivity contribution >= 4 is 0 Å². The second-order valence-electron chi connectivity index (χ2n) is 4.19. The molecule has 0 aliphatic carbocycles. The van der Waals surface area contributed by atoms with Gasteiger partial charge in [-0.2, -0.15) is 0 Å². The highest BCUT2D eigenvalue weighted by Gasteiger charge is 2.19. The summed E-state index contributed by atoms with van der Waals surface area (Å²) in [5.41, 5.74) is 1.25. The van der Waals surface area contributed by atoms with Crippen LogP contribution >= 0.6 is 0 Å². The molecular weight excluding hydrogens is 190 g/mol. The van der Waals surface area contributed by atoms with Crippen molar-refractivity contribution in [2.45, 2.75) is 25.3 Å². The molecule has 0 saturated carbocycles. The molecule has 1 unspecified atom stereocenters. The summed E-state index contributed by atoms with van der Waals surface area (Å²) in [5.74, 6) is 0.783. The fourth-order valence-electron chi connectivity index (χ4n) is 2.21. The summed E-state index contributed by atoms with van der Waals surface area (Å²) >= 11 is 0. The second kappa shape index (κ2) is 5.33. The highest BCUT2D eigenvalue weighted by atomic mass is 16.5. The number of rotatable bonds is 4. The van der Waals surface area contributed by atoms with Crippen molar-refractivity contribution in [1.29, 1.82) is 0 Å². The Kier molecular flexibility index (Phi) is 3.80. The van der Waals surface area contributed by atoms with E-state index in [9.17, 15) is 0 Å². The monoisotopic (exact) mass is 209 g/mol. The molecule has 3 nitrogen and oxygen atoms in total. The molecule has 1 fully saturated rings. The van der Waals surface area contributed by atoms with Crippen LogP contribution in [0.3, 0.4) is 0 Å². The lowest BCUT2D eigenvalue weighted by Gasteiger charge is -2.25. The summed E-state index contributed by atoms with van der Waals surface area (Å²) in [6.07, 6.45) is 7.13. The molecule has 84 valence electrons. The van der Waals surface area contributed by atoms with E-state index in [0.717, 1.165) is 19.1 Å². The van der Waals surface area contributed by atoms with Crippen LogP contribution in [0, 0.1) is 5.92 Å². The fraction of sp³-hybridized carbons (Fsp3) is 0.667. The van der Waals surface area contributed by atoms with Crippen LogP contribution in [-0.2, 0) is 4.74 Å². The van der Waals surface area contributed by atoms with E-state index in [1.807, 2.05) is 19.4 Å². The van der Waals surface area contributed by atoms with Gasteiger partial charge in [0.2, 0.25) is 0 Å². The molecule has 15 heavy (non-hydrogen) atoms. The zero-order valence-electron chi connectivity index (χ0n) is 9.24. The van der Waals surface area contributed by atoms with Crippen LogP contribution in [0.25, 0.3) is 0 Å². The minimum Gasteiger partial charge on any atom is -0.472 e. The second-order valence-corrected chi connectivity index (χ2v) is 4.19. The maximum atomic E-state index is 5.37. The molecule has 1 aliphatic heterocycles. The quantitative estimate of drug-likeness (QED) is 0.826. The Morgan fingerprint density at radius 3 is 2.87 bits per heavy atom. The maximum absolute atomic E-state index is 5.37. The Morgan fingerprint density at radius 2 is 2.27 bits per heavy atom. The minimum atomic E-state index is 0.423. The maximum Gasteiger partial charge on any atom is 0.0950 e. The Hall–Kier alpha value is -0.800. The molecule has 1 atom stereocenters. The van der Waals surface area contributed by atoms with Gasteiger partial charge in [-0.25, -0.2) is 0 Å². The predicted octanol–water partition coefficient (Wildman–Crippen LogP) is 2.36. The molecule has 0 aromatic carbocycles. The van der Waals surface area contributed by atoms with E-state index in [1.54, 1.807) is 6.26 Å². The molecule has 3 heteroatoms. The molecular formula is C12H19NO2. The number of ether oxygens (including phenoxy) is 1. The van der Waals surface area contributed by atoms with Gasteiger partial charge in [-0.1, -0.05) is 0 Å². The van der Waals surface area contributed by atoms with Gasteiger partial charge < -0.3 is 14.5 Å². The number of furan rings is 1. The third-order valence-corrected chi connectivity index (χ3v) is 3.20.